The first-order chi connectivity index (χ1) is 12.7. The van der Waals surface area contributed by atoms with E-state index < -0.39 is 0 Å². The summed E-state index contributed by atoms with van der Waals surface area (Å²) in [6, 6.07) is 18.5. The van der Waals surface area contributed by atoms with E-state index in [1.165, 1.54) is 0 Å². The first-order valence-corrected chi connectivity index (χ1v) is 8.14. The number of aromatic nitrogens is 1. The van der Waals surface area contributed by atoms with Crippen molar-refractivity contribution in [1.82, 2.24) is 4.98 Å². The van der Waals surface area contributed by atoms with Crippen LogP contribution >= 0.6 is 0 Å². The van der Waals surface area contributed by atoms with E-state index in [1.54, 1.807) is 31.5 Å². The Labute approximate surface area is 151 Å². The Morgan fingerprint density at radius 1 is 1.04 bits per heavy atom. The number of methoxy groups -OCH3 is 1. The zero-order valence-electron chi connectivity index (χ0n) is 14.4. The van der Waals surface area contributed by atoms with Crippen LogP contribution in [0.3, 0.4) is 0 Å². The minimum Gasteiger partial charge on any atom is -0.497 e. The Bertz CT molecular complexity index is 985. The summed E-state index contributed by atoms with van der Waals surface area (Å²) in [6.07, 6.45) is 2.17. The van der Waals surface area contributed by atoms with Crippen molar-refractivity contribution in [2.24, 2.45) is 0 Å². The molecule has 0 atom stereocenters. The third-order valence-corrected chi connectivity index (χ3v) is 3.98. The van der Waals surface area contributed by atoms with Crippen LogP contribution in [-0.2, 0) is 13.0 Å². The van der Waals surface area contributed by atoms with Crippen LogP contribution in [0.2, 0.25) is 0 Å². The molecule has 0 radical (unpaired) electrons. The molecule has 1 aromatic heterocycles. The Morgan fingerprint density at radius 2 is 1.85 bits per heavy atom. The quantitative estimate of drug-likeness (QED) is 0.742. The molecule has 1 heterocycles. The molecule has 5 nitrogen and oxygen atoms in total. The molecule has 0 spiro atoms. The number of benzene rings is 2. The van der Waals surface area contributed by atoms with Gasteiger partial charge in [0.05, 0.1) is 18.7 Å². The van der Waals surface area contributed by atoms with E-state index in [1.807, 2.05) is 36.4 Å². The minimum atomic E-state index is -0.142. The third-order valence-electron chi connectivity index (χ3n) is 3.98. The van der Waals surface area contributed by atoms with Gasteiger partial charge >= 0.3 is 0 Å². The maximum atomic E-state index is 11.5. The summed E-state index contributed by atoms with van der Waals surface area (Å²) in [5.41, 5.74) is 3.19. The molecule has 0 saturated carbocycles. The summed E-state index contributed by atoms with van der Waals surface area (Å²) < 4.78 is 11.1. The summed E-state index contributed by atoms with van der Waals surface area (Å²) in [4.78, 5) is 14.1. The molecular weight excluding hydrogens is 328 g/mol. The lowest BCUT2D eigenvalue weighted by Crippen LogP contribution is -2.05. The zero-order valence-corrected chi connectivity index (χ0v) is 14.4. The molecule has 130 valence electrons. The Balaban J connectivity index is 1.81. The Kier molecular flexibility index (Phi) is 5.35. The molecule has 5 heteroatoms. The molecular formula is C21H18N2O3. The smallest absolute Gasteiger partial charge is 0.248 e. The van der Waals surface area contributed by atoms with Crippen LogP contribution in [-0.4, -0.2) is 12.1 Å². The monoisotopic (exact) mass is 346 g/mol. The van der Waals surface area contributed by atoms with Crippen LogP contribution < -0.4 is 15.0 Å². The average molecular weight is 346 g/mol. The van der Waals surface area contributed by atoms with Crippen LogP contribution in [0.4, 0.5) is 0 Å². The van der Waals surface area contributed by atoms with Gasteiger partial charge in [-0.05, 0) is 47.0 Å². The van der Waals surface area contributed by atoms with Crippen molar-refractivity contribution in [2.75, 3.05) is 7.11 Å². The number of hydrogen-bond donors (Lipinski definition) is 1. The van der Waals surface area contributed by atoms with Gasteiger partial charge in [0.1, 0.15) is 18.1 Å². The molecule has 3 rings (SSSR count). The maximum Gasteiger partial charge on any atom is 0.248 e. The van der Waals surface area contributed by atoms with Crippen LogP contribution in [0.5, 0.6) is 11.5 Å². The molecule has 1 N–H and O–H groups in total. The largest absolute Gasteiger partial charge is 0.497 e. The second kappa shape index (κ2) is 8.04. The standard InChI is InChI=1S/C21H18N2O3/c1-25-19-6-3-15(4-7-19)14-26-20-11-17(13-22)2-5-18(20)10-16-8-9-23-21(24)12-16/h2-9,11-12H,10,14H2,1H3,(H,23,24). The van der Waals surface area contributed by atoms with E-state index >= 15 is 0 Å². The normalized spacial score (nSPS) is 10.2. The summed E-state index contributed by atoms with van der Waals surface area (Å²) in [6.45, 7) is 0.376. The van der Waals surface area contributed by atoms with Crippen molar-refractivity contribution in [3.63, 3.8) is 0 Å². The molecule has 0 bridgehead atoms. The summed E-state index contributed by atoms with van der Waals surface area (Å²) in [5.74, 6) is 1.43. The van der Waals surface area contributed by atoms with Gasteiger partial charge in [-0.25, -0.2) is 0 Å². The predicted octanol–water partition coefficient (Wildman–Crippen LogP) is 3.42. The van der Waals surface area contributed by atoms with Crippen molar-refractivity contribution in [3.05, 3.63) is 93.4 Å². The fraction of sp³-hybridized carbons (Fsp3) is 0.143. The SMILES string of the molecule is COc1ccc(COc2cc(C#N)ccc2Cc2cc[nH]c(=O)c2)cc1. The molecule has 0 aliphatic heterocycles. The van der Waals surface area contributed by atoms with Crippen LogP contribution in [0, 0.1) is 11.3 Å². The third kappa shape index (κ3) is 4.31. The fourth-order valence-electron chi connectivity index (χ4n) is 2.61. The van der Waals surface area contributed by atoms with Crippen molar-refractivity contribution in [2.45, 2.75) is 13.0 Å². The number of pyridine rings is 1. The summed E-state index contributed by atoms with van der Waals surface area (Å²) in [7, 11) is 1.62. The number of rotatable bonds is 6. The maximum absolute atomic E-state index is 11.5. The van der Waals surface area contributed by atoms with E-state index in [0.717, 1.165) is 22.4 Å². The molecule has 2 aromatic carbocycles. The van der Waals surface area contributed by atoms with Crippen LogP contribution in [0.25, 0.3) is 0 Å². The highest BCUT2D eigenvalue weighted by molar-refractivity contribution is 5.44. The topological polar surface area (TPSA) is 75.1 Å². The van der Waals surface area contributed by atoms with Gasteiger partial charge < -0.3 is 14.5 Å². The Hall–Kier alpha value is -3.52. The van der Waals surface area contributed by atoms with Crippen LogP contribution in [0.15, 0.2) is 65.6 Å². The molecule has 0 aliphatic rings. The van der Waals surface area contributed by atoms with Gasteiger partial charge in [0.15, 0.2) is 0 Å². The first-order valence-electron chi connectivity index (χ1n) is 8.14. The lowest BCUT2D eigenvalue weighted by molar-refractivity contribution is 0.303. The lowest BCUT2D eigenvalue weighted by atomic mass is 10.0. The number of hydrogen-bond acceptors (Lipinski definition) is 4. The van der Waals surface area contributed by atoms with Crippen molar-refractivity contribution < 1.29 is 9.47 Å². The van der Waals surface area contributed by atoms with Crippen molar-refractivity contribution in [1.29, 1.82) is 5.26 Å². The van der Waals surface area contributed by atoms with Gasteiger partial charge in [-0.3, -0.25) is 4.79 Å². The van der Waals surface area contributed by atoms with Crippen LogP contribution in [0.1, 0.15) is 22.3 Å². The minimum absolute atomic E-state index is 0.142. The molecule has 0 fully saturated rings. The van der Waals surface area contributed by atoms with Gasteiger partial charge in [0.25, 0.3) is 0 Å². The van der Waals surface area contributed by atoms with Gasteiger partial charge in [0, 0.05) is 18.7 Å². The number of nitriles is 1. The lowest BCUT2D eigenvalue weighted by Gasteiger charge is -2.12. The fourth-order valence-corrected chi connectivity index (χ4v) is 2.61. The number of aromatic amines is 1. The predicted molar refractivity (Wildman–Crippen MR) is 98.4 cm³/mol. The summed E-state index contributed by atoms with van der Waals surface area (Å²) >= 11 is 0. The number of H-pyrrole nitrogens is 1. The molecule has 26 heavy (non-hydrogen) atoms. The number of nitrogens with one attached hydrogen (secondary N) is 1. The molecule has 0 amide bonds. The number of ether oxygens (including phenoxy) is 2. The van der Waals surface area contributed by atoms with Gasteiger partial charge in [0.2, 0.25) is 5.56 Å². The highest BCUT2D eigenvalue weighted by Crippen LogP contribution is 2.24. The van der Waals surface area contributed by atoms with Gasteiger partial charge in [-0.2, -0.15) is 5.26 Å². The second-order valence-electron chi connectivity index (χ2n) is 5.81. The highest BCUT2D eigenvalue weighted by atomic mass is 16.5. The van der Waals surface area contributed by atoms with Crippen molar-refractivity contribution in [3.8, 4) is 17.6 Å². The number of nitrogens with zero attached hydrogens (tertiary/aromatic N) is 1. The van der Waals surface area contributed by atoms with E-state index in [2.05, 4.69) is 11.1 Å². The van der Waals surface area contributed by atoms with Crippen molar-refractivity contribution >= 4 is 0 Å². The molecule has 0 unspecified atom stereocenters. The van der Waals surface area contributed by atoms with E-state index in [9.17, 15) is 4.79 Å². The molecule has 0 saturated heterocycles. The van der Waals surface area contributed by atoms with E-state index in [4.69, 9.17) is 14.7 Å². The van der Waals surface area contributed by atoms with E-state index in [-0.39, 0.29) is 5.56 Å². The highest BCUT2D eigenvalue weighted by Gasteiger charge is 2.08. The van der Waals surface area contributed by atoms with E-state index in [0.29, 0.717) is 24.3 Å². The molecule has 3 aromatic rings. The summed E-state index contributed by atoms with van der Waals surface area (Å²) in [5, 5.41) is 9.16. The zero-order chi connectivity index (χ0) is 18.4. The first kappa shape index (κ1) is 17.3. The Morgan fingerprint density at radius 3 is 2.54 bits per heavy atom. The average Bonchev–Trinajstić information content (AvgIpc) is 2.67. The van der Waals surface area contributed by atoms with Gasteiger partial charge in [-0.15, -0.1) is 0 Å². The second-order valence-corrected chi connectivity index (χ2v) is 5.81. The van der Waals surface area contributed by atoms with Gasteiger partial charge in [-0.1, -0.05) is 18.2 Å². The molecule has 0 aliphatic carbocycles.